The highest BCUT2D eigenvalue weighted by Gasteiger charge is 2.45. The van der Waals surface area contributed by atoms with Gasteiger partial charge in [-0.15, -0.1) is 0 Å². The van der Waals surface area contributed by atoms with Gasteiger partial charge in [-0.3, -0.25) is 9.59 Å². The van der Waals surface area contributed by atoms with Crippen molar-refractivity contribution in [3.63, 3.8) is 0 Å². The average molecular weight is 459 g/mol. The van der Waals surface area contributed by atoms with Gasteiger partial charge in [0.2, 0.25) is 5.91 Å². The first-order valence-electron chi connectivity index (χ1n) is 11.6. The van der Waals surface area contributed by atoms with Crippen molar-refractivity contribution in [1.82, 2.24) is 9.80 Å². The lowest BCUT2D eigenvalue weighted by Gasteiger charge is -2.43. The fraction of sp³-hybridized carbons (Fsp3) is 0.286. The highest BCUT2D eigenvalue weighted by Crippen LogP contribution is 2.45. The Hall–Kier alpha value is -3.67. The predicted molar refractivity (Wildman–Crippen MR) is 127 cm³/mol. The molecule has 174 valence electrons. The number of carbonyl (C=O) groups excluding carboxylic acids is 2. The van der Waals surface area contributed by atoms with Crippen LogP contribution in [0.1, 0.15) is 51.8 Å². The summed E-state index contributed by atoms with van der Waals surface area (Å²) in [4.78, 5) is 31.4. The second kappa shape index (κ2) is 9.29. The van der Waals surface area contributed by atoms with Crippen molar-refractivity contribution in [2.45, 2.75) is 31.3 Å². The van der Waals surface area contributed by atoms with E-state index >= 15 is 0 Å². The van der Waals surface area contributed by atoms with Crippen molar-refractivity contribution in [1.29, 1.82) is 0 Å². The molecule has 3 aromatic carbocycles. The number of rotatable bonds is 5. The maximum Gasteiger partial charge on any atom is 0.255 e. The van der Waals surface area contributed by atoms with E-state index in [-0.39, 0.29) is 24.2 Å². The largest absolute Gasteiger partial charge is 0.497 e. The number of likely N-dealkylation sites (tertiary alicyclic amines) is 1. The van der Waals surface area contributed by atoms with Crippen molar-refractivity contribution in [3.8, 4) is 5.75 Å². The molecule has 0 N–H and O–H groups in total. The van der Waals surface area contributed by atoms with Crippen LogP contribution in [0.5, 0.6) is 5.75 Å². The number of hydrogen-bond acceptors (Lipinski definition) is 3. The van der Waals surface area contributed by atoms with Gasteiger partial charge >= 0.3 is 0 Å². The molecule has 2 aliphatic rings. The molecule has 2 aliphatic heterocycles. The van der Waals surface area contributed by atoms with Gasteiger partial charge in [0.15, 0.2) is 0 Å². The molecule has 0 aromatic heterocycles. The van der Waals surface area contributed by atoms with Crippen molar-refractivity contribution in [3.05, 3.63) is 101 Å². The molecule has 1 fully saturated rings. The molecule has 0 spiro atoms. The number of fused-ring (bicyclic) bond motifs is 1. The van der Waals surface area contributed by atoms with Gasteiger partial charge in [0.05, 0.1) is 19.1 Å². The lowest BCUT2D eigenvalue weighted by molar-refractivity contribution is -0.133. The van der Waals surface area contributed by atoms with Gasteiger partial charge in [-0.25, -0.2) is 4.39 Å². The van der Waals surface area contributed by atoms with Crippen LogP contribution in [0, 0.1) is 5.82 Å². The first-order chi connectivity index (χ1) is 16.6. The second-order valence-electron chi connectivity index (χ2n) is 8.87. The first kappa shape index (κ1) is 22.1. The molecule has 0 bridgehead atoms. The van der Waals surface area contributed by atoms with E-state index in [2.05, 4.69) is 0 Å². The zero-order valence-corrected chi connectivity index (χ0v) is 19.1. The molecular weight excluding hydrogens is 431 g/mol. The number of methoxy groups -OCH3 is 1. The number of ether oxygens (including phenoxy) is 1. The minimum absolute atomic E-state index is 0.0439. The van der Waals surface area contributed by atoms with E-state index in [1.165, 1.54) is 12.1 Å². The van der Waals surface area contributed by atoms with Crippen LogP contribution in [0.25, 0.3) is 0 Å². The van der Waals surface area contributed by atoms with Crippen LogP contribution in [0.2, 0.25) is 0 Å². The minimum Gasteiger partial charge on any atom is -0.497 e. The average Bonchev–Trinajstić information content (AvgIpc) is 3.42. The van der Waals surface area contributed by atoms with Gasteiger partial charge < -0.3 is 14.5 Å². The van der Waals surface area contributed by atoms with E-state index in [1.807, 2.05) is 47.4 Å². The Kier molecular flexibility index (Phi) is 6.05. The molecule has 0 aliphatic carbocycles. The summed E-state index contributed by atoms with van der Waals surface area (Å²) in [6.07, 6.45) is 1.98. The maximum atomic E-state index is 13.9. The summed E-state index contributed by atoms with van der Waals surface area (Å²) >= 11 is 0. The summed E-state index contributed by atoms with van der Waals surface area (Å²) in [6, 6.07) is 20.6. The lowest BCUT2D eigenvalue weighted by atomic mass is 9.78. The van der Waals surface area contributed by atoms with Crippen molar-refractivity contribution in [2.75, 3.05) is 20.2 Å². The Balaban J connectivity index is 1.65. The third-order valence-corrected chi connectivity index (χ3v) is 6.85. The molecule has 2 amide bonds. The van der Waals surface area contributed by atoms with Gasteiger partial charge in [0.1, 0.15) is 11.6 Å². The van der Waals surface area contributed by atoms with Crippen molar-refractivity contribution < 1.29 is 18.7 Å². The first-order valence-corrected chi connectivity index (χ1v) is 11.6. The summed E-state index contributed by atoms with van der Waals surface area (Å²) < 4.78 is 18.9. The van der Waals surface area contributed by atoms with E-state index in [0.717, 1.165) is 42.6 Å². The molecule has 6 heteroatoms. The van der Waals surface area contributed by atoms with E-state index in [4.69, 9.17) is 4.74 Å². The van der Waals surface area contributed by atoms with Crippen molar-refractivity contribution in [2.24, 2.45) is 0 Å². The van der Waals surface area contributed by atoms with Gasteiger partial charge in [-0.05, 0) is 59.9 Å². The summed E-state index contributed by atoms with van der Waals surface area (Å²) in [5.74, 6) is -0.235. The van der Waals surface area contributed by atoms with E-state index in [0.29, 0.717) is 11.3 Å². The number of hydrogen-bond donors (Lipinski definition) is 0. The van der Waals surface area contributed by atoms with Gasteiger partial charge in [0, 0.05) is 25.2 Å². The summed E-state index contributed by atoms with van der Waals surface area (Å²) in [7, 11) is 1.61. The zero-order chi connectivity index (χ0) is 23.7. The Bertz CT molecular complexity index is 1190. The normalized spacial score (nSPS) is 19.8. The highest BCUT2D eigenvalue weighted by molar-refractivity contribution is 6.01. The topological polar surface area (TPSA) is 49.9 Å². The molecule has 5 nitrogen and oxygen atoms in total. The molecular formula is C28H27FN2O3. The lowest BCUT2D eigenvalue weighted by Crippen LogP contribution is -2.47. The van der Waals surface area contributed by atoms with Crippen molar-refractivity contribution >= 4 is 11.8 Å². The summed E-state index contributed by atoms with van der Waals surface area (Å²) in [5, 5.41) is 0. The number of amides is 2. The smallest absolute Gasteiger partial charge is 0.255 e. The number of nitrogens with zero attached hydrogens (tertiary/aromatic N) is 2. The minimum atomic E-state index is -0.527. The van der Waals surface area contributed by atoms with E-state index in [1.54, 1.807) is 30.2 Å². The van der Waals surface area contributed by atoms with Crippen LogP contribution in [-0.4, -0.2) is 41.8 Å². The van der Waals surface area contributed by atoms with Crippen LogP contribution in [0.4, 0.5) is 4.39 Å². The quantitative estimate of drug-likeness (QED) is 0.544. The Morgan fingerprint density at radius 1 is 0.971 bits per heavy atom. The monoisotopic (exact) mass is 458 g/mol. The van der Waals surface area contributed by atoms with Gasteiger partial charge in [0.25, 0.3) is 5.91 Å². The van der Waals surface area contributed by atoms with Crippen LogP contribution in [0.15, 0.2) is 72.8 Å². The summed E-state index contributed by atoms with van der Waals surface area (Å²) in [6.45, 7) is 1.74. The van der Waals surface area contributed by atoms with Crippen LogP contribution < -0.4 is 4.74 Å². The molecule has 2 atom stereocenters. The SMILES string of the molecule is COc1ccc(C2C(C(=O)N3CCCC3)c3ccccc3C(=O)N2Cc2ccc(F)cc2)cc1. The van der Waals surface area contributed by atoms with Crippen LogP contribution >= 0.6 is 0 Å². The fourth-order valence-corrected chi connectivity index (χ4v) is 5.13. The second-order valence-corrected chi connectivity index (χ2v) is 8.87. The van der Waals surface area contributed by atoms with Gasteiger partial charge in [-0.1, -0.05) is 42.5 Å². The third-order valence-electron chi connectivity index (χ3n) is 6.85. The summed E-state index contributed by atoms with van der Waals surface area (Å²) in [5.41, 5.74) is 2.98. The zero-order valence-electron chi connectivity index (χ0n) is 19.1. The van der Waals surface area contributed by atoms with Crippen LogP contribution in [0.3, 0.4) is 0 Å². The molecule has 3 aromatic rings. The van der Waals surface area contributed by atoms with E-state index in [9.17, 15) is 14.0 Å². The number of carbonyl (C=O) groups is 2. The molecule has 0 saturated carbocycles. The van der Waals surface area contributed by atoms with Gasteiger partial charge in [-0.2, -0.15) is 0 Å². The fourth-order valence-electron chi connectivity index (χ4n) is 5.13. The molecule has 5 rings (SSSR count). The Morgan fingerprint density at radius 3 is 2.32 bits per heavy atom. The molecule has 34 heavy (non-hydrogen) atoms. The number of halogens is 1. The van der Waals surface area contributed by atoms with Crippen LogP contribution in [-0.2, 0) is 11.3 Å². The maximum absolute atomic E-state index is 13.9. The van der Waals surface area contributed by atoms with E-state index < -0.39 is 12.0 Å². The highest BCUT2D eigenvalue weighted by atomic mass is 19.1. The third kappa shape index (κ3) is 4.04. The predicted octanol–water partition coefficient (Wildman–Crippen LogP) is 4.94. The molecule has 2 unspecified atom stereocenters. The Morgan fingerprint density at radius 2 is 1.65 bits per heavy atom. The molecule has 0 radical (unpaired) electrons. The Labute approximate surface area is 198 Å². The number of benzene rings is 3. The standard InChI is InChI=1S/C28H27FN2O3/c1-34-22-14-10-20(11-15-22)26-25(28(33)30-16-4-5-17-30)23-6-2-3-7-24(23)27(32)31(26)18-19-8-12-21(29)13-9-19/h2-3,6-15,25-26H,4-5,16-18H2,1H3. The molecule has 2 heterocycles. The molecule has 1 saturated heterocycles.